The fourth-order valence-electron chi connectivity index (χ4n) is 3.14. The molecule has 1 atom stereocenters. The highest BCUT2D eigenvalue weighted by Gasteiger charge is 2.30. The van der Waals surface area contributed by atoms with Gasteiger partial charge in [0.15, 0.2) is 0 Å². The molecule has 0 spiro atoms. The molecular weight excluding hydrogens is 367 g/mol. The molecule has 28 heavy (non-hydrogen) atoms. The Bertz CT molecular complexity index is 930. The van der Waals surface area contributed by atoms with Gasteiger partial charge in [0, 0.05) is 0 Å². The first kappa shape index (κ1) is 19.9. The third kappa shape index (κ3) is 4.91. The second kappa shape index (κ2) is 8.04. The Morgan fingerprint density at radius 1 is 1.14 bits per heavy atom. The number of benzene rings is 2. The van der Waals surface area contributed by atoms with E-state index in [1.807, 2.05) is 38.1 Å². The van der Waals surface area contributed by atoms with Gasteiger partial charge in [-0.3, -0.25) is 4.79 Å². The van der Waals surface area contributed by atoms with Gasteiger partial charge < -0.3 is 10.3 Å². The number of nitrogens with zero attached hydrogens (tertiary/aromatic N) is 1. The molecule has 0 fully saturated rings. The molecule has 3 rings (SSSR count). The van der Waals surface area contributed by atoms with E-state index in [-0.39, 0.29) is 18.4 Å². The molecule has 0 aliphatic heterocycles. The Labute approximate surface area is 161 Å². The lowest BCUT2D eigenvalue weighted by atomic mass is 10.0. The maximum absolute atomic E-state index is 12.9. The van der Waals surface area contributed by atoms with Gasteiger partial charge in [-0.15, -0.1) is 0 Å². The number of amides is 1. The number of carbonyl (C=O) groups excluding carboxylic acids is 1. The number of halogens is 3. The summed E-state index contributed by atoms with van der Waals surface area (Å²) < 4.78 is 38.6. The number of aromatic amines is 1. The largest absolute Gasteiger partial charge is 0.416 e. The number of imidazole rings is 1. The van der Waals surface area contributed by atoms with Crippen LogP contribution in [0.25, 0.3) is 11.0 Å². The Balaban J connectivity index is 1.76. The third-order valence-electron chi connectivity index (χ3n) is 4.40. The van der Waals surface area contributed by atoms with E-state index in [9.17, 15) is 18.0 Å². The van der Waals surface area contributed by atoms with Crippen LogP contribution in [0.1, 0.15) is 43.3 Å². The number of rotatable bonds is 6. The van der Waals surface area contributed by atoms with Crippen molar-refractivity contribution >= 4 is 16.9 Å². The second-order valence-corrected chi connectivity index (χ2v) is 7.26. The molecular formula is C21H22F3N3O. The van der Waals surface area contributed by atoms with Crippen molar-refractivity contribution in [3.8, 4) is 0 Å². The summed E-state index contributed by atoms with van der Waals surface area (Å²) >= 11 is 0. The van der Waals surface area contributed by atoms with Crippen LogP contribution in [0, 0.1) is 5.92 Å². The second-order valence-electron chi connectivity index (χ2n) is 7.26. The molecule has 7 heteroatoms. The van der Waals surface area contributed by atoms with E-state index >= 15 is 0 Å². The molecule has 1 unspecified atom stereocenters. The molecule has 1 heterocycles. The van der Waals surface area contributed by atoms with Crippen LogP contribution in [0.2, 0.25) is 0 Å². The first-order valence-electron chi connectivity index (χ1n) is 9.12. The van der Waals surface area contributed by atoms with Crippen LogP contribution in [0.3, 0.4) is 0 Å². The average Bonchev–Trinajstić information content (AvgIpc) is 3.04. The third-order valence-corrected chi connectivity index (χ3v) is 4.40. The Kier molecular flexibility index (Phi) is 5.72. The zero-order valence-corrected chi connectivity index (χ0v) is 15.7. The first-order chi connectivity index (χ1) is 13.2. The molecule has 0 aliphatic rings. The van der Waals surface area contributed by atoms with Gasteiger partial charge in [-0.25, -0.2) is 4.98 Å². The molecule has 0 bridgehead atoms. The van der Waals surface area contributed by atoms with E-state index in [0.29, 0.717) is 23.7 Å². The maximum atomic E-state index is 12.9. The van der Waals surface area contributed by atoms with Crippen molar-refractivity contribution in [1.82, 2.24) is 15.3 Å². The first-order valence-corrected chi connectivity index (χ1v) is 9.12. The van der Waals surface area contributed by atoms with Crippen LogP contribution in [-0.2, 0) is 17.4 Å². The number of hydrogen-bond donors (Lipinski definition) is 2. The number of carbonyl (C=O) groups is 1. The van der Waals surface area contributed by atoms with Crippen molar-refractivity contribution < 1.29 is 18.0 Å². The van der Waals surface area contributed by atoms with E-state index in [1.54, 1.807) is 0 Å². The molecule has 0 saturated carbocycles. The fraction of sp³-hybridized carbons (Fsp3) is 0.333. The summed E-state index contributed by atoms with van der Waals surface area (Å²) in [5.41, 5.74) is 1.24. The van der Waals surface area contributed by atoms with Crippen LogP contribution in [0.5, 0.6) is 0 Å². The Morgan fingerprint density at radius 3 is 2.57 bits per heavy atom. The molecule has 1 aromatic heterocycles. The molecule has 2 N–H and O–H groups in total. The Hall–Kier alpha value is -2.83. The summed E-state index contributed by atoms with van der Waals surface area (Å²) in [5, 5.41) is 2.92. The van der Waals surface area contributed by atoms with E-state index in [1.165, 1.54) is 12.1 Å². The van der Waals surface area contributed by atoms with Gasteiger partial charge in [-0.05, 0) is 36.1 Å². The van der Waals surface area contributed by atoms with Crippen LogP contribution in [0.4, 0.5) is 13.2 Å². The zero-order chi connectivity index (χ0) is 20.3. The van der Waals surface area contributed by atoms with Crippen LogP contribution in [0.15, 0.2) is 48.5 Å². The topological polar surface area (TPSA) is 57.8 Å². The molecule has 1 amide bonds. The van der Waals surface area contributed by atoms with E-state index in [0.717, 1.165) is 23.2 Å². The highest BCUT2D eigenvalue weighted by atomic mass is 19.4. The van der Waals surface area contributed by atoms with E-state index in [2.05, 4.69) is 15.3 Å². The van der Waals surface area contributed by atoms with Crippen molar-refractivity contribution in [3.63, 3.8) is 0 Å². The molecule has 148 valence electrons. The fourth-order valence-corrected chi connectivity index (χ4v) is 3.14. The number of hydrogen-bond acceptors (Lipinski definition) is 2. The summed E-state index contributed by atoms with van der Waals surface area (Å²) in [6.07, 6.45) is -3.90. The number of H-pyrrole nitrogens is 1. The highest BCUT2D eigenvalue weighted by Crippen LogP contribution is 2.29. The standard InChI is InChI=1S/C21H22F3N3O/c1-13(2)10-18(20-26-16-8-3-4-9-17(16)27-20)25-19(28)12-14-6-5-7-15(11-14)21(22,23)24/h3-9,11,13,18H,10,12H2,1-2H3,(H,25,28)(H,26,27). The van der Waals surface area contributed by atoms with E-state index < -0.39 is 11.7 Å². The van der Waals surface area contributed by atoms with Gasteiger partial charge in [-0.1, -0.05) is 44.2 Å². The van der Waals surface area contributed by atoms with Crippen molar-refractivity contribution in [3.05, 3.63) is 65.5 Å². The van der Waals surface area contributed by atoms with Crippen molar-refractivity contribution in [1.29, 1.82) is 0 Å². The normalized spacial score (nSPS) is 13.1. The number of alkyl halides is 3. The lowest BCUT2D eigenvalue weighted by molar-refractivity contribution is -0.137. The molecule has 0 saturated heterocycles. The Morgan fingerprint density at radius 2 is 1.89 bits per heavy atom. The van der Waals surface area contributed by atoms with Gasteiger partial charge >= 0.3 is 6.18 Å². The van der Waals surface area contributed by atoms with Crippen LogP contribution < -0.4 is 5.32 Å². The van der Waals surface area contributed by atoms with Gasteiger partial charge in [0.1, 0.15) is 5.82 Å². The van der Waals surface area contributed by atoms with Gasteiger partial charge in [0.2, 0.25) is 5.91 Å². The summed E-state index contributed by atoms with van der Waals surface area (Å²) in [5.74, 6) is 0.602. The molecule has 3 aromatic rings. The molecule has 2 aromatic carbocycles. The predicted octanol–water partition coefficient (Wildman–Crippen LogP) is 5.03. The number of nitrogens with one attached hydrogen (secondary N) is 2. The molecule has 0 radical (unpaired) electrons. The predicted molar refractivity (Wildman–Crippen MR) is 102 cm³/mol. The lowest BCUT2D eigenvalue weighted by Crippen LogP contribution is -2.31. The SMILES string of the molecule is CC(C)CC(NC(=O)Cc1cccc(C(F)(F)F)c1)c1nc2ccccc2[nH]1. The maximum Gasteiger partial charge on any atom is 0.416 e. The zero-order valence-electron chi connectivity index (χ0n) is 15.7. The molecule has 0 aliphatic carbocycles. The summed E-state index contributed by atoms with van der Waals surface area (Å²) in [6, 6.07) is 12.1. The summed E-state index contributed by atoms with van der Waals surface area (Å²) in [4.78, 5) is 20.3. The average molecular weight is 389 g/mol. The smallest absolute Gasteiger partial charge is 0.346 e. The lowest BCUT2D eigenvalue weighted by Gasteiger charge is -2.19. The monoisotopic (exact) mass is 389 g/mol. The van der Waals surface area contributed by atoms with Crippen LogP contribution >= 0.6 is 0 Å². The minimum absolute atomic E-state index is 0.126. The van der Waals surface area contributed by atoms with E-state index in [4.69, 9.17) is 0 Å². The highest BCUT2D eigenvalue weighted by molar-refractivity contribution is 5.79. The van der Waals surface area contributed by atoms with Crippen molar-refractivity contribution in [2.24, 2.45) is 5.92 Å². The van der Waals surface area contributed by atoms with Crippen molar-refractivity contribution in [2.75, 3.05) is 0 Å². The van der Waals surface area contributed by atoms with Gasteiger partial charge in [0.05, 0.1) is 29.1 Å². The molecule has 4 nitrogen and oxygen atoms in total. The summed E-state index contributed by atoms with van der Waals surface area (Å²) in [6.45, 7) is 4.07. The quantitative estimate of drug-likeness (QED) is 0.621. The van der Waals surface area contributed by atoms with Crippen LogP contribution in [-0.4, -0.2) is 15.9 Å². The summed E-state index contributed by atoms with van der Waals surface area (Å²) in [7, 11) is 0. The van der Waals surface area contributed by atoms with Gasteiger partial charge in [0.25, 0.3) is 0 Å². The number of aromatic nitrogens is 2. The van der Waals surface area contributed by atoms with Crippen molar-refractivity contribution in [2.45, 2.75) is 38.9 Å². The minimum Gasteiger partial charge on any atom is -0.346 e. The number of para-hydroxylation sites is 2. The minimum atomic E-state index is -4.43. The number of fused-ring (bicyclic) bond motifs is 1. The van der Waals surface area contributed by atoms with Gasteiger partial charge in [-0.2, -0.15) is 13.2 Å².